The van der Waals surface area contributed by atoms with Gasteiger partial charge in [0.15, 0.2) is 0 Å². The molecule has 0 aromatic carbocycles. The molecule has 0 aliphatic heterocycles. The molecule has 2 heterocycles. The highest BCUT2D eigenvalue weighted by Crippen LogP contribution is 2.35. The van der Waals surface area contributed by atoms with Crippen molar-refractivity contribution in [3.63, 3.8) is 0 Å². The largest absolute Gasteiger partial charge is 0.335 e. The number of imide groups is 1. The summed E-state index contributed by atoms with van der Waals surface area (Å²) < 4.78 is 1.30. The number of rotatable bonds is 3. The fourth-order valence-electron chi connectivity index (χ4n) is 4.53. The Labute approximate surface area is 173 Å². The number of thiophene rings is 1. The van der Waals surface area contributed by atoms with Gasteiger partial charge in [-0.3, -0.25) is 19.5 Å². The van der Waals surface area contributed by atoms with E-state index < -0.39 is 11.9 Å². The molecule has 2 aliphatic carbocycles. The van der Waals surface area contributed by atoms with Crippen molar-refractivity contribution >= 4 is 33.5 Å². The first kappa shape index (κ1) is 20.1. The summed E-state index contributed by atoms with van der Waals surface area (Å²) in [6.07, 6.45) is 8.64. The molecule has 0 unspecified atom stereocenters. The van der Waals surface area contributed by atoms with Crippen molar-refractivity contribution in [2.45, 2.75) is 71.4 Å². The van der Waals surface area contributed by atoms with E-state index in [1.165, 1.54) is 22.2 Å². The third kappa shape index (κ3) is 4.22. The summed E-state index contributed by atoms with van der Waals surface area (Å²) in [6.45, 7) is 4.13. The third-order valence-electron chi connectivity index (χ3n) is 6.28. The summed E-state index contributed by atoms with van der Waals surface area (Å²) in [5.41, 5.74) is 0.901. The molecule has 29 heavy (non-hydrogen) atoms. The molecule has 1 fully saturated rings. The Morgan fingerprint density at radius 3 is 2.83 bits per heavy atom. The second-order valence-electron chi connectivity index (χ2n) is 8.60. The number of hydrogen-bond donors (Lipinski definition) is 2. The average Bonchev–Trinajstić information content (AvgIpc) is 3.04. The van der Waals surface area contributed by atoms with Gasteiger partial charge in [-0.2, -0.15) is 0 Å². The minimum Gasteiger partial charge on any atom is -0.335 e. The van der Waals surface area contributed by atoms with Crippen molar-refractivity contribution < 1.29 is 9.59 Å². The Hall–Kier alpha value is -2.22. The van der Waals surface area contributed by atoms with Crippen molar-refractivity contribution in [3.05, 3.63) is 27.1 Å². The Balaban J connectivity index is 1.45. The molecule has 0 spiro atoms. The molecule has 3 amide bonds. The molecular weight excluding hydrogens is 388 g/mol. The predicted molar refractivity (Wildman–Crippen MR) is 113 cm³/mol. The lowest BCUT2D eigenvalue weighted by atomic mass is 9.86. The zero-order valence-corrected chi connectivity index (χ0v) is 17.8. The van der Waals surface area contributed by atoms with Crippen molar-refractivity contribution in [1.29, 1.82) is 0 Å². The lowest BCUT2D eigenvalue weighted by molar-refractivity contribution is -0.120. The molecule has 2 aromatic heterocycles. The minimum absolute atomic E-state index is 0.0945. The second kappa shape index (κ2) is 8.26. The lowest BCUT2D eigenvalue weighted by Gasteiger charge is -2.29. The molecular formula is C21H28N4O3S. The number of amides is 3. The van der Waals surface area contributed by atoms with E-state index in [9.17, 15) is 14.4 Å². The summed E-state index contributed by atoms with van der Waals surface area (Å²) >= 11 is 1.59. The number of hydrogen-bond acceptors (Lipinski definition) is 5. The highest BCUT2D eigenvalue weighted by molar-refractivity contribution is 7.18. The molecule has 2 N–H and O–H groups in total. The van der Waals surface area contributed by atoms with Crippen LogP contribution in [0.2, 0.25) is 0 Å². The predicted octanol–water partition coefficient (Wildman–Crippen LogP) is 2.99. The molecule has 0 saturated heterocycles. The normalized spacial score (nSPS) is 24.1. The molecule has 7 nitrogen and oxygen atoms in total. The van der Waals surface area contributed by atoms with E-state index in [-0.39, 0.29) is 18.1 Å². The highest BCUT2D eigenvalue weighted by atomic mass is 32.1. The fraction of sp³-hybridized carbons (Fsp3) is 0.619. The smallest absolute Gasteiger partial charge is 0.321 e. The molecule has 8 heteroatoms. The van der Waals surface area contributed by atoms with E-state index in [1.807, 2.05) is 0 Å². The zero-order chi connectivity index (χ0) is 20.5. The van der Waals surface area contributed by atoms with E-state index in [0.29, 0.717) is 17.2 Å². The van der Waals surface area contributed by atoms with Gasteiger partial charge in [-0.15, -0.1) is 11.3 Å². The number of carbonyl (C=O) groups is 2. The van der Waals surface area contributed by atoms with Crippen LogP contribution in [0.4, 0.5) is 4.79 Å². The first-order valence-corrected chi connectivity index (χ1v) is 11.3. The number of nitrogens with one attached hydrogen (secondary N) is 2. The molecule has 0 bridgehead atoms. The van der Waals surface area contributed by atoms with Gasteiger partial charge in [0.05, 0.1) is 11.7 Å². The molecule has 4 rings (SSSR count). The Bertz CT molecular complexity index is 996. The van der Waals surface area contributed by atoms with Crippen molar-refractivity contribution in [2.75, 3.05) is 0 Å². The topological polar surface area (TPSA) is 93.1 Å². The van der Waals surface area contributed by atoms with Crippen LogP contribution in [0.5, 0.6) is 0 Å². The van der Waals surface area contributed by atoms with Crippen LogP contribution in [0.3, 0.4) is 0 Å². The summed E-state index contributed by atoms with van der Waals surface area (Å²) in [4.78, 5) is 43.9. The van der Waals surface area contributed by atoms with Crippen LogP contribution in [0.15, 0.2) is 11.1 Å². The maximum atomic E-state index is 13.0. The summed E-state index contributed by atoms with van der Waals surface area (Å²) in [5, 5.41) is 5.90. The molecule has 1 saturated carbocycles. The van der Waals surface area contributed by atoms with Gasteiger partial charge >= 0.3 is 6.03 Å². The van der Waals surface area contributed by atoms with Crippen LogP contribution in [0, 0.1) is 11.8 Å². The maximum Gasteiger partial charge on any atom is 0.321 e. The number of urea groups is 1. The van der Waals surface area contributed by atoms with E-state index in [4.69, 9.17) is 0 Å². The van der Waals surface area contributed by atoms with Gasteiger partial charge in [0, 0.05) is 10.9 Å². The molecule has 2 aromatic rings. The first-order valence-electron chi connectivity index (χ1n) is 10.5. The highest BCUT2D eigenvalue weighted by Gasteiger charge is 2.25. The van der Waals surface area contributed by atoms with E-state index in [2.05, 4.69) is 29.5 Å². The van der Waals surface area contributed by atoms with E-state index >= 15 is 0 Å². The van der Waals surface area contributed by atoms with Crippen molar-refractivity contribution in [3.8, 4) is 0 Å². The van der Waals surface area contributed by atoms with Crippen LogP contribution >= 0.6 is 11.3 Å². The van der Waals surface area contributed by atoms with Gasteiger partial charge in [0.2, 0.25) is 5.91 Å². The monoisotopic (exact) mass is 416 g/mol. The van der Waals surface area contributed by atoms with Crippen LogP contribution in [-0.2, 0) is 24.2 Å². The van der Waals surface area contributed by atoms with Gasteiger partial charge in [-0.1, -0.05) is 26.7 Å². The summed E-state index contributed by atoms with van der Waals surface area (Å²) in [5.74, 6) is 0.521. The second-order valence-corrected chi connectivity index (χ2v) is 9.68. The standard InChI is InChI=1S/C21H28N4O3S/c1-12-7-8-14-16(9-12)29-19-18(14)20(27)25(11-22-19)10-17(26)24-21(28)23-15-6-4-3-5-13(15)2/h11-13,15H,3-10H2,1-2H3,(H2,23,24,26,28)/t12-,13+,15-/m1/s1. The van der Waals surface area contributed by atoms with Crippen molar-refractivity contribution in [1.82, 2.24) is 20.2 Å². The van der Waals surface area contributed by atoms with Crippen LogP contribution in [0.25, 0.3) is 10.2 Å². The van der Waals surface area contributed by atoms with Crippen LogP contribution in [0.1, 0.15) is 56.4 Å². The molecule has 2 aliphatic rings. The third-order valence-corrected chi connectivity index (χ3v) is 7.44. The van der Waals surface area contributed by atoms with Gasteiger partial charge in [0.25, 0.3) is 5.56 Å². The zero-order valence-electron chi connectivity index (χ0n) is 17.0. The van der Waals surface area contributed by atoms with Crippen LogP contribution in [-0.4, -0.2) is 27.5 Å². The first-order chi connectivity index (χ1) is 13.9. The SMILES string of the molecule is C[C@@H]1CCc2c(sc3ncn(CC(=O)NC(=O)N[C@@H]4CCCC[C@@H]4C)c(=O)c23)C1. The van der Waals surface area contributed by atoms with Crippen LogP contribution < -0.4 is 16.2 Å². The number of nitrogens with zero attached hydrogens (tertiary/aromatic N) is 2. The minimum atomic E-state index is -0.507. The van der Waals surface area contributed by atoms with Gasteiger partial charge < -0.3 is 5.32 Å². The Morgan fingerprint density at radius 1 is 1.24 bits per heavy atom. The molecule has 156 valence electrons. The van der Waals surface area contributed by atoms with Gasteiger partial charge in [-0.25, -0.2) is 9.78 Å². The number of fused-ring (bicyclic) bond motifs is 3. The number of aryl methyl sites for hydroxylation is 1. The summed E-state index contributed by atoms with van der Waals surface area (Å²) in [7, 11) is 0. The molecule has 3 atom stereocenters. The number of carbonyl (C=O) groups excluding carboxylic acids is 2. The lowest BCUT2D eigenvalue weighted by Crippen LogP contribution is -2.48. The Kier molecular flexibility index (Phi) is 5.72. The maximum absolute atomic E-state index is 13.0. The van der Waals surface area contributed by atoms with E-state index in [1.54, 1.807) is 11.3 Å². The fourth-order valence-corrected chi connectivity index (χ4v) is 5.88. The number of aromatic nitrogens is 2. The van der Waals surface area contributed by atoms with Gasteiger partial charge in [-0.05, 0) is 49.5 Å². The van der Waals surface area contributed by atoms with Crippen molar-refractivity contribution in [2.24, 2.45) is 11.8 Å². The van der Waals surface area contributed by atoms with Gasteiger partial charge in [0.1, 0.15) is 11.4 Å². The Morgan fingerprint density at radius 2 is 2.03 bits per heavy atom. The summed E-state index contributed by atoms with van der Waals surface area (Å²) in [6, 6.07) is -0.394. The molecule has 0 radical (unpaired) electrons. The average molecular weight is 417 g/mol. The van der Waals surface area contributed by atoms with E-state index in [0.717, 1.165) is 48.9 Å². The quantitative estimate of drug-likeness (QED) is 0.804.